The number of ether oxygens (including phenoxy) is 1. The molecule has 1 aromatic rings. The zero-order chi connectivity index (χ0) is 14.0. The highest BCUT2D eigenvalue weighted by Crippen LogP contribution is 2.36. The molecule has 1 aromatic carbocycles. The average molecular weight is 276 g/mol. The number of likely N-dealkylation sites (tertiary alicyclic amines) is 1. The molecule has 0 radical (unpaired) electrons. The summed E-state index contributed by atoms with van der Waals surface area (Å²) >= 11 is 0. The molecule has 2 aliphatic heterocycles. The molecule has 0 atom stereocenters. The van der Waals surface area contributed by atoms with Crippen molar-refractivity contribution < 1.29 is 14.6 Å². The van der Waals surface area contributed by atoms with Gasteiger partial charge in [0.2, 0.25) is 0 Å². The normalized spacial score (nSPS) is 20.5. The second kappa shape index (κ2) is 5.32. The van der Waals surface area contributed by atoms with Crippen molar-refractivity contribution in [2.75, 3.05) is 19.7 Å². The zero-order valence-electron chi connectivity index (χ0n) is 11.5. The van der Waals surface area contributed by atoms with E-state index >= 15 is 0 Å². The molecule has 5 nitrogen and oxygen atoms in total. The lowest BCUT2D eigenvalue weighted by atomic mass is 9.84. The van der Waals surface area contributed by atoms with E-state index in [2.05, 4.69) is 5.32 Å². The van der Waals surface area contributed by atoms with Gasteiger partial charge < -0.3 is 20.1 Å². The van der Waals surface area contributed by atoms with E-state index in [9.17, 15) is 9.90 Å². The molecule has 2 N–H and O–H groups in total. The number of phenolic OH excluding ortho intramolecular Hbond substituents is 1. The van der Waals surface area contributed by atoms with Crippen molar-refractivity contribution in [3.05, 3.63) is 29.8 Å². The monoisotopic (exact) mass is 276 g/mol. The smallest absolute Gasteiger partial charge is 0.317 e. The topological polar surface area (TPSA) is 61.8 Å². The van der Waals surface area contributed by atoms with Crippen LogP contribution in [0.3, 0.4) is 0 Å². The van der Waals surface area contributed by atoms with Crippen LogP contribution in [0.5, 0.6) is 5.75 Å². The zero-order valence-corrected chi connectivity index (χ0v) is 11.5. The molecule has 0 aliphatic carbocycles. The second-order valence-electron chi connectivity index (χ2n) is 5.59. The Bertz CT molecular complexity index is 472. The molecule has 20 heavy (non-hydrogen) atoms. The minimum absolute atomic E-state index is 0.0211. The van der Waals surface area contributed by atoms with Gasteiger partial charge in [-0.1, -0.05) is 12.1 Å². The highest BCUT2D eigenvalue weighted by atomic mass is 16.5. The van der Waals surface area contributed by atoms with Gasteiger partial charge in [-0.2, -0.15) is 0 Å². The van der Waals surface area contributed by atoms with Gasteiger partial charge in [0.25, 0.3) is 0 Å². The van der Waals surface area contributed by atoms with Crippen LogP contribution in [-0.2, 0) is 11.3 Å². The number of aromatic hydroxyl groups is 1. The number of nitrogens with one attached hydrogen (secondary N) is 1. The van der Waals surface area contributed by atoms with Gasteiger partial charge in [0, 0.05) is 19.6 Å². The first-order chi connectivity index (χ1) is 9.67. The number of urea groups is 1. The minimum Gasteiger partial charge on any atom is -0.508 e. The van der Waals surface area contributed by atoms with Gasteiger partial charge in [-0.15, -0.1) is 0 Å². The number of hydrogen-bond acceptors (Lipinski definition) is 3. The lowest BCUT2D eigenvalue weighted by Crippen LogP contribution is -2.54. The fraction of sp³-hybridized carbons (Fsp3) is 0.533. The Hall–Kier alpha value is -1.75. The number of carbonyl (C=O) groups excluding carboxylic acids is 1. The van der Waals surface area contributed by atoms with Gasteiger partial charge in [-0.25, -0.2) is 4.79 Å². The Balaban J connectivity index is 1.46. The molecule has 2 heterocycles. The molecule has 3 rings (SSSR count). The Labute approximate surface area is 118 Å². The van der Waals surface area contributed by atoms with Crippen LogP contribution in [0.1, 0.15) is 24.8 Å². The molecule has 2 amide bonds. The summed E-state index contributed by atoms with van der Waals surface area (Å²) in [5.41, 5.74) is 1.06. The number of rotatable bonds is 2. The van der Waals surface area contributed by atoms with E-state index in [4.69, 9.17) is 4.74 Å². The van der Waals surface area contributed by atoms with Crippen molar-refractivity contribution in [3.8, 4) is 5.75 Å². The third-order valence-corrected chi connectivity index (χ3v) is 4.31. The summed E-state index contributed by atoms with van der Waals surface area (Å²) in [4.78, 5) is 13.9. The number of benzene rings is 1. The van der Waals surface area contributed by atoms with E-state index in [1.807, 2.05) is 17.0 Å². The van der Waals surface area contributed by atoms with Gasteiger partial charge in [-0.3, -0.25) is 0 Å². The first kappa shape index (κ1) is 13.2. The largest absolute Gasteiger partial charge is 0.508 e. The van der Waals surface area contributed by atoms with Crippen molar-refractivity contribution in [1.82, 2.24) is 10.2 Å². The van der Waals surface area contributed by atoms with Gasteiger partial charge in [-0.05, 0) is 37.0 Å². The molecule has 2 aliphatic rings. The number of carbonyl (C=O) groups is 1. The van der Waals surface area contributed by atoms with Crippen molar-refractivity contribution in [2.45, 2.75) is 31.4 Å². The van der Waals surface area contributed by atoms with Crippen molar-refractivity contribution in [1.29, 1.82) is 0 Å². The number of piperidine rings is 1. The molecular formula is C15H20N2O3. The fourth-order valence-electron chi connectivity index (χ4n) is 2.81. The van der Waals surface area contributed by atoms with Gasteiger partial charge >= 0.3 is 6.03 Å². The Kier molecular flexibility index (Phi) is 3.53. The van der Waals surface area contributed by atoms with Crippen LogP contribution in [0.2, 0.25) is 0 Å². The predicted molar refractivity (Wildman–Crippen MR) is 74.4 cm³/mol. The van der Waals surface area contributed by atoms with E-state index in [0.717, 1.165) is 44.5 Å². The lowest BCUT2D eigenvalue weighted by Gasteiger charge is -2.47. The summed E-state index contributed by atoms with van der Waals surface area (Å²) in [7, 11) is 0. The first-order valence-electron chi connectivity index (χ1n) is 7.12. The Morgan fingerprint density at radius 3 is 2.45 bits per heavy atom. The molecule has 0 aromatic heterocycles. The molecule has 108 valence electrons. The van der Waals surface area contributed by atoms with E-state index < -0.39 is 0 Å². The molecule has 2 fully saturated rings. The summed E-state index contributed by atoms with van der Waals surface area (Å²) in [6.07, 6.45) is 3.02. The number of hydrogen-bond donors (Lipinski definition) is 2. The van der Waals surface area contributed by atoms with Gasteiger partial charge in [0.05, 0.1) is 12.2 Å². The summed E-state index contributed by atoms with van der Waals surface area (Å²) in [5, 5.41) is 12.1. The maximum Gasteiger partial charge on any atom is 0.317 e. The maximum atomic E-state index is 12.1. The second-order valence-corrected chi connectivity index (χ2v) is 5.59. The van der Waals surface area contributed by atoms with Crippen molar-refractivity contribution in [3.63, 3.8) is 0 Å². The van der Waals surface area contributed by atoms with Crippen LogP contribution in [0.15, 0.2) is 24.3 Å². The predicted octanol–water partition coefficient (Wildman–Crippen LogP) is 1.86. The van der Waals surface area contributed by atoms with E-state index in [-0.39, 0.29) is 17.4 Å². The van der Waals surface area contributed by atoms with Crippen LogP contribution in [0, 0.1) is 0 Å². The first-order valence-corrected chi connectivity index (χ1v) is 7.12. The van der Waals surface area contributed by atoms with Crippen molar-refractivity contribution in [2.24, 2.45) is 0 Å². The van der Waals surface area contributed by atoms with E-state index in [0.29, 0.717) is 6.54 Å². The van der Waals surface area contributed by atoms with Crippen LogP contribution in [0.4, 0.5) is 4.79 Å². The summed E-state index contributed by atoms with van der Waals surface area (Å²) < 4.78 is 5.65. The quantitative estimate of drug-likeness (QED) is 0.866. The van der Waals surface area contributed by atoms with Gasteiger partial charge in [0.15, 0.2) is 0 Å². The highest BCUT2D eigenvalue weighted by molar-refractivity contribution is 5.74. The fourth-order valence-corrected chi connectivity index (χ4v) is 2.81. The van der Waals surface area contributed by atoms with Crippen LogP contribution < -0.4 is 5.32 Å². The standard InChI is InChI=1S/C15H20N2O3/c18-13-3-1-12(2-4-13)11-16-14(19)17-8-5-15(6-9-17)7-10-20-15/h1-4,18H,5-11H2,(H,16,19). The van der Waals surface area contributed by atoms with Crippen LogP contribution in [-0.4, -0.2) is 41.3 Å². The average Bonchev–Trinajstić information content (AvgIpc) is 2.45. The third-order valence-electron chi connectivity index (χ3n) is 4.31. The third kappa shape index (κ3) is 2.72. The summed E-state index contributed by atoms with van der Waals surface area (Å²) in [6, 6.07) is 6.85. The van der Waals surface area contributed by atoms with Crippen molar-refractivity contribution >= 4 is 6.03 Å². The van der Waals surface area contributed by atoms with E-state index in [1.54, 1.807) is 12.1 Å². The Morgan fingerprint density at radius 2 is 1.90 bits per heavy atom. The summed E-state index contributed by atoms with van der Waals surface area (Å²) in [6.45, 7) is 2.88. The van der Waals surface area contributed by atoms with E-state index in [1.165, 1.54) is 0 Å². The molecular weight excluding hydrogens is 256 g/mol. The molecule has 0 bridgehead atoms. The molecule has 5 heteroatoms. The number of phenols is 1. The van der Waals surface area contributed by atoms with Crippen LogP contribution in [0.25, 0.3) is 0 Å². The SMILES string of the molecule is O=C(NCc1ccc(O)cc1)N1CCC2(CCO2)CC1. The highest BCUT2D eigenvalue weighted by Gasteiger charge is 2.41. The van der Waals surface area contributed by atoms with Crippen LogP contribution >= 0.6 is 0 Å². The Morgan fingerprint density at radius 1 is 1.25 bits per heavy atom. The van der Waals surface area contributed by atoms with Gasteiger partial charge in [0.1, 0.15) is 5.75 Å². The molecule has 1 spiro atoms. The molecule has 0 unspecified atom stereocenters. The number of amides is 2. The lowest BCUT2D eigenvalue weighted by molar-refractivity contribution is -0.169. The molecule has 2 saturated heterocycles. The minimum atomic E-state index is -0.0211. The number of nitrogens with zero attached hydrogens (tertiary/aromatic N) is 1. The molecule has 0 saturated carbocycles. The maximum absolute atomic E-state index is 12.1. The summed E-state index contributed by atoms with van der Waals surface area (Å²) in [5.74, 6) is 0.238.